The van der Waals surface area contributed by atoms with Crippen molar-refractivity contribution in [3.63, 3.8) is 0 Å². The van der Waals surface area contributed by atoms with Crippen molar-refractivity contribution < 1.29 is 22.7 Å². The number of imidazole rings is 1. The van der Waals surface area contributed by atoms with E-state index in [2.05, 4.69) is 9.97 Å². The molecule has 18 heavy (non-hydrogen) atoms. The molecule has 1 aromatic carbocycles. The van der Waals surface area contributed by atoms with E-state index in [0.717, 1.165) is 12.1 Å². The van der Waals surface area contributed by atoms with Gasteiger partial charge in [0, 0.05) is 18.0 Å². The van der Waals surface area contributed by atoms with Crippen molar-refractivity contribution in [3.05, 3.63) is 53.4 Å². The number of alkyl halides is 3. The van der Waals surface area contributed by atoms with Gasteiger partial charge < -0.3 is 10.1 Å². The molecule has 0 aliphatic heterocycles. The van der Waals surface area contributed by atoms with Crippen molar-refractivity contribution in [2.75, 3.05) is 0 Å². The largest absolute Gasteiger partial charge is 0.419 e. The second-order valence-electron chi connectivity index (χ2n) is 3.58. The monoisotopic (exact) mass is 260 g/mol. The SMILES string of the molecule is OC(c1ncc[nH]1)c1cccc(C(F)(F)F)c1F. The van der Waals surface area contributed by atoms with Crippen LogP contribution in [-0.2, 0) is 6.18 Å². The van der Waals surface area contributed by atoms with Crippen LogP contribution in [0.25, 0.3) is 0 Å². The Morgan fingerprint density at radius 3 is 2.56 bits per heavy atom. The number of aromatic amines is 1. The van der Waals surface area contributed by atoms with E-state index in [4.69, 9.17) is 0 Å². The number of nitrogens with zero attached hydrogens (tertiary/aromatic N) is 1. The van der Waals surface area contributed by atoms with Crippen LogP contribution in [-0.4, -0.2) is 15.1 Å². The highest BCUT2D eigenvalue weighted by Gasteiger charge is 2.35. The molecule has 7 heteroatoms. The van der Waals surface area contributed by atoms with Crippen molar-refractivity contribution in [2.24, 2.45) is 0 Å². The molecule has 0 amide bonds. The number of aliphatic hydroxyl groups is 1. The number of H-pyrrole nitrogens is 1. The fourth-order valence-electron chi connectivity index (χ4n) is 1.55. The Morgan fingerprint density at radius 1 is 1.28 bits per heavy atom. The Balaban J connectivity index is 2.47. The lowest BCUT2D eigenvalue weighted by Crippen LogP contribution is -2.12. The standard InChI is InChI=1S/C11H8F4N2O/c12-8-6(9(18)10-16-4-5-17-10)2-1-3-7(8)11(13,14)15/h1-5,9,18H,(H,16,17). The number of hydrogen-bond acceptors (Lipinski definition) is 2. The highest BCUT2D eigenvalue weighted by molar-refractivity contribution is 5.32. The summed E-state index contributed by atoms with van der Waals surface area (Å²) in [6, 6.07) is 2.73. The molecule has 0 radical (unpaired) electrons. The Kier molecular flexibility index (Phi) is 3.08. The molecule has 2 aromatic rings. The summed E-state index contributed by atoms with van der Waals surface area (Å²) in [5.41, 5.74) is -1.88. The predicted molar refractivity (Wildman–Crippen MR) is 54.1 cm³/mol. The van der Waals surface area contributed by atoms with Crippen molar-refractivity contribution in [3.8, 4) is 0 Å². The molecule has 0 fully saturated rings. The second-order valence-corrected chi connectivity index (χ2v) is 3.58. The van der Waals surface area contributed by atoms with E-state index in [1.165, 1.54) is 12.4 Å². The van der Waals surface area contributed by atoms with Crippen molar-refractivity contribution in [1.82, 2.24) is 9.97 Å². The highest BCUT2D eigenvalue weighted by Crippen LogP contribution is 2.34. The Hall–Kier alpha value is -1.89. The van der Waals surface area contributed by atoms with Crippen LogP contribution < -0.4 is 0 Å². The number of aromatic nitrogens is 2. The van der Waals surface area contributed by atoms with Crippen LogP contribution >= 0.6 is 0 Å². The summed E-state index contributed by atoms with van der Waals surface area (Å²) in [6.45, 7) is 0. The zero-order valence-corrected chi connectivity index (χ0v) is 8.87. The predicted octanol–water partition coefficient (Wildman–Crippen LogP) is 2.65. The van der Waals surface area contributed by atoms with Gasteiger partial charge in [-0.1, -0.05) is 12.1 Å². The number of nitrogens with one attached hydrogen (secondary N) is 1. The van der Waals surface area contributed by atoms with E-state index in [-0.39, 0.29) is 5.82 Å². The van der Waals surface area contributed by atoms with Gasteiger partial charge in [-0.05, 0) is 6.07 Å². The van der Waals surface area contributed by atoms with Crippen LogP contribution in [0.2, 0.25) is 0 Å². The van der Waals surface area contributed by atoms with E-state index in [0.29, 0.717) is 6.07 Å². The van der Waals surface area contributed by atoms with E-state index >= 15 is 0 Å². The van der Waals surface area contributed by atoms with E-state index in [1.807, 2.05) is 0 Å². The van der Waals surface area contributed by atoms with Gasteiger partial charge in [0.2, 0.25) is 0 Å². The Bertz CT molecular complexity index is 536. The lowest BCUT2D eigenvalue weighted by molar-refractivity contribution is -0.140. The molecule has 0 spiro atoms. The van der Waals surface area contributed by atoms with Crippen LogP contribution in [0.3, 0.4) is 0 Å². The zero-order chi connectivity index (χ0) is 13.3. The van der Waals surface area contributed by atoms with Gasteiger partial charge in [0.1, 0.15) is 17.7 Å². The Morgan fingerprint density at radius 2 is 2.00 bits per heavy atom. The van der Waals surface area contributed by atoms with Crippen LogP contribution in [0.1, 0.15) is 23.1 Å². The molecule has 0 saturated heterocycles. The van der Waals surface area contributed by atoms with Gasteiger partial charge in [-0.15, -0.1) is 0 Å². The van der Waals surface area contributed by atoms with E-state index in [1.54, 1.807) is 0 Å². The molecule has 96 valence electrons. The molecule has 0 bridgehead atoms. The lowest BCUT2D eigenvalue weighted by atomic mass is 10.0. The van der Waals surface area contributed by atoms with Crippen molar-refractivity contribution >= 4 is 0 Å². The first kappa shape index (κ1) is 12.6. The molecule has 1 unspecified atom stereocenters. The molecule has 0 aliphatic rings. The van der Waals surface area contributed by atoms with Crippen LogP contribution in [0.5, 0.6) is 0 Å². The lowest BCUT2D eigenvalue weighted by Gasteiger charge is -2.14. The number of hydrogen-bond donors (Lipinski definition) is 2. The van der Waals surface area contributed by atoms with Gasteiger partial charge in [-0.3, -0.25) is 0 Å². The average Bonchev–Trinajstić information content (AvgIpc) is 2.80. The van der Waals surface area contributed by atoms with Gasteiger partial charge in [0.25, 0.3) is 0 Å². The first-order chi connectivity index (χ1) is 8.41. The smallest absolute Gasteiger partial charge is 0.380 e. The summed E-state index contributed by atoms with van der Waals surface area (Å²) in [4.78, 5) is 6.18. The summed E-state index contributed by atoms with van der Waals surface area (Å²) in [7, 11) is 0. The zero-order valence-electron chi connectivity index (χ0n) is 8.87. The van der Waals surface area contributed by atoms with Gasteiger partial charge >= 0.3 is 6.18 Å². The third-order valence-corrected chi connectivity index (χ3v) is 2.41. The van der Waals surface area contributed by atoms with Gasteiger partial charge in [-0.25, -0.2) is 9.37 Å². The molecule has 1 atom stereocenters. The molecular formula is C11H8F4N2O. The van der Waals surface area contributed by atoms with Gasteiger partial charge in [-0.2, -0.15) is 13.2 Å². The topological polar surface area (TPSA) is 48.9 Å². The minimum Gasteiger partial charge on any atom is -0.380 e. The molecule has 2 rings (SSSR count). The first-order valence-electron chi connectivity index (χ1n) is 4.94. The molecule has 2 N–H and O–H groups in total. The number of rotatable bonds is 2. The summed E-state index contributed by atoms with van der Waals surface area (Å²) < 4.78 is 51.2. The number of aliphatic hydroxyl groups excluding tert-OH is 1. The van der Waals surface area contributed by atoms with Crippen molar-refractivity contribution in [2.45, 2.75) is 12.3 Å². The second kappa shape index (κ2) is 4.41. The average molecular weight is 260 g/mol. The maximum absolute atomic E-state index is 13.7. The summed E-state index contributed by atoms with van der Waals surface area (Å²) >= 11 is 0. The first-order valence-corrected chi connectivity index (χ1v) is 4.94. The molecule has 3 nitrogen and oxygen atoms in total. The van der Waals surface area contributed by atoms with E-state index in [9.17, 15) is 22.7 Å². The number of benzene rings is 1. The highest BCUT2D eigenvalue weighted by atomic mass is 19.4. The normalized spacial score (nSPS) is 13.6. The summed E-state index contributed by atoms with van der Waals surface area (Å²) in [5, 5.41) is 9.75. The maximum Gasteiger partial charge on any atom is 0.419 e. The fraction of sp³-hybridized carbons (Fsp3) is 0.182. The van der Waals surface area contributed by atoms with Crippen LogP contribution in [0.15, 0.2) is 30.6 Å². The Labute approximate surface area is 99.1 Å². The molecule has 1 heterocycles. The van der Waals surface area contributed by atoms with Crippen molar-refractivity contribution in [1.29, 1.82) is 0 Å². The van der Waals surface area contributed by atoms with E-state index < -0.39 is 29.2 Å². The van der Waals surface area contributed by atoms with Gasteiger partial charge in [0.15, 0.2) is 0 Å². The molecular weight excluding hydrogens is 252 g/mol. The summed E-state index contributed by atoms with van der Waals surface area (Å²) in [5.74, 6) is -1.51. The summed E-state index contributed by atoms with van der Waals surface area (Å²) in [6.07, 6.45) is -3.68. The minimum atomic E-state index is -4.80. The van der Waals surface area contributed by atoms with Crippen LogP contribution in [0.4, 0.5) is 17.6 Å². The fourth-order valence-corrected chi connectivity index (χ4v) is 1.55. The molecule has 0 aliphatic carbocycles. The molecule has 1 aromatic heterocycles. The third kappa shape index (κ3) is 2.21. The molecule has 0 saturated carbocycles. The third-order valence-electron chi connectivity index (χ3n) is 2.41. The van der Waals surface area contributed by atoms with Crippen LogP contribution in [0, 0.1) is 5.82 Å². The maximum atomic E-state index is 13.7. The van der Waals surface area contributed by atoms with Gasteiger partial charge in [0.05, 0.1) is 5.56 Å². The number of halogens is 4. The minimum absolute atomic E-state index is 0.0202. The quantitative estimate of drug-likeness (QED) is 0.815.